The van der Waals surface area contributed by atoms with Crippen molar-refractivity contribution in [3.8, 4) is 0 Å². The molecule has 0 aromatic heterocycles. The third-order valence-electron chi connectivity index (χ3n) is 4.84. The summed E-state index contributed by atoms with van der Waals surface area (Å²) in [6.07, 6.45) is 8.95. The second kappa shape index (κ2) is 3.57. The van der Waals surface area contributed by atoms with Crippen LogP contribution >= 0.6 is 0 Å². The summed E-state index contributed by atoms with van der Waals surface area (Å²) in [6.45, 7) is 0.0561. The second-order valence-corrected chi connectivity index (χ2v) is 6.02. The highest BCUT2D eigenvalue weighted by Gasteiger charge is 2.54. The highest BCUT2D eigenvalue weighted by Crippen LogP contribution is 2.59. The molecule has 87 valence electrons. The number of hydrogen-bond acceptors (Lipinski definition) is 2. The van der Waals surface area contributed by atoms with E-state index in [0.29, 0.717) is 0 Å². The van der Waals surface area contributed by atoms with Crippen LogP contribution in [0.3, 0.4) is 0 Å². The van der Waals surface area contributed by atoms with Gasteiger partial charge in [0.2, 0.25) is 12.2 Å². The molecule has 3 heteroatoms. The average molecular weight is 220 g/mol. The molecule has 4 bridgehead atoms. The third-order valence-corrected chi connectivity index (χ3v) is 4.84. The van der Waals surface area contributed by atoms with E-state index in [-0.39, 0.29) is 17.9 Å². The molecule has 4 aliphatic rings. The van der Waals surface area contributed by atoms with E-state index in [0.717, 1.165) is 37.0 Å². The Morgan fingerprint density at radius 3 is 2.06 bits per heavy atom. The fraction of sp³-hybridized carbons (Fsp3) is 0.846. The molecule has 4 saturated carbocycles. The van der Waals surface area contributed by atoms with Gasteiger partial charge in [0.25, 0.3) is 0 Å². The van der Waals surface area contributed by atoms with Gasteiger partial charge in [-0.25, -0.2) is 0 Å². The van der Waals surface area contributed by atoms with Gasteiger partial charge in [0.15, 0.2) is 0 Å². The summed E-state index contributed by atoms with van der Waals surface area (Å²) in [5.74, 6) is 2.45. The molecular weight excluding hydrogens is 202 g/mol. The van der Waals surface area contributed by atoms with E-state index in [1.54, 1.807) is 6.29 Å². The van der Waals surface area contributed by atoms with Crippen LogP contribution in [-0.4, -0.2) is 18.7 Å². The summed E-state index contributed by atoms with van der Waals surface area (Å²) in [4.78, 5) is 22.4. The van der Waals surface area contributed by atoms with Gasteiger partial charge in [-0.05, 0) is 56.3 Å². The van der Waals surface area contributed by atoms with E-state index < -0.39 is 0 Å². The number of carbonyl (C=O) groups excluding carboxylic acids is 2. The van der Waals surface area contributed by atoms with E-state index in [1.807, 2.05) is 0 Å². The number of nitrogens with one attached hydrogen (secondary N) is 1. The molecule has 0 aromatic rings. The van der Waals surface area contributed by atoms with E-state index in [1.165, 1.54) is 19.3 Å². The van der Waals surface area contributed by atoms with Crippen LogP contribution in [0.15, 0.2) is 0 Å². The Hall–Kier alpha value is -0.860. The minimum atomic E-state index is -0.119. The zero-order valence-corrected chi connectivity index (χ0v) is 9.50. The van der Waals surface area contributed by atoms with Crippen LogP contribution in [0.25, 0.3) is 0 Å². The first-order valence-corrected chi connectivity index (χ1v) is 6.35. The van der Waals surface area contributed by atoms with Crippen LogP contribution in [0.4, 0.5) is 0 Å². The molecule has 3 nitrogen and oxygen atoms in total. The Kier molecular flexibility index (Phi) is 2.30. The Balaban J connectivity index is 1.77. The maximum absolute atomic E-state index is 12.2. The fourth-order valence-electron chi connectivity index (χ4n) is 4.69. The Morgan fingerprint density at radius 1 is 1.12 bits per heavy atom. The third kappa shape index (κ3) is 1.48. The van der Waals surface area contributed by atoms with E-state index in [2.05, 4.69) is 5.32 Å². The smallest absolute Gasteiger partial charge is 0.226 e. The Labute approximate surface area is 96.0 Å². The summed E-state index contributed by atoms with van der Waals surface area (Å²) in [7, 11) is 0. The summed E-state index contributed by atoms with van der Waals surface area (Å²) in [5.41, 5.74) is -0.119. The molecule has 1 radical (unpaired) electrons. The largest absolute Gasteiger partial charge is 0.348 e. The van der Waals surface area contributed by atoms with Gasteiger partial charge >= 0.3 is 0 Å². The van der Waals surface area contributed by atoms with Gasteiger partial charge in [0.1, 0.15) is 0 Å². The number of carbonyl (C=O) groups is 1. The van der Waals surface area contributed by atoms with Crippen molar-refractivity contribution in [1.82, 2.24) is 5.32 Å². The molecule has 4 rings (SSSR count). The first kappa shape index (κ1) is 10.3. The average Bonchev–Trinajstić information content (AvgIpc) is 2.24. The zero-order valence-electron chi connectivity index (χ0n) is 9.50. The molecule has 16 heavy (non-hydrogen) atoms. The predicted molar refractivity (Wildman–Crippen MR) is 59.3 cm³/mol. The summed E-state index contributed by atoms with van der Waals surface area (Å²) >= 11 is 0. The van der Waals surface area contributed by atoms with Crippen LogP contribution < -0.4 is 5.32 Å². The first-order chi connectivity index (χ1) is 7.72. The second-order valence-electron chi connectivity index (χ2n) is 6.02. The summed E-state index contributed by atoms with van der Waals surface area (Å²) < 4.78 is 0. The van der Waals surface area contributed by atoms with Crippen molar-refractivity contribution in [2.24, 2.45) is 23.2 Å². The quantitative estimate of drug-likeness (QED) is 0.782. The van der Waals surface area contributed by atoms with Crippen molar-refractivity contribution >= 4 is 12.2 Å². The molecular formula is C13H18NO2. The lowest BCUT2D eigenvalue weighted by atomic mass is 9.49. The topological polar surface area (TPSA) is 46.2 Å². The predicted octanol–water partition coefficient (Wildman–Crippen LogP) is 1.43. The monoisotopic (exact) mass is 220 g/mol. The lowest BCUT2D eigenvalue weighted by Gasteiger charge is -2.55. The molecule has 0 spiro atoms. The zero-order chi connectivity index (χ0) is 11.2. The van der Waals surface area contributed by atoms with Gasteiger partial charge in [-0.2, -0.15) is 0 Å². The van der Waals surface area contributed by atoms with Gasteiger partial charge in [-0.3, -0.25) is 9.59 Å². The highest BCUT2D eigenvalue weighted by molar-refractivity contribution is 5.84. The van der Waals surface area contributed by atoms with Crippen molar-refractivity contribution in [2.45, 2.75) is 38.5 Å². The number of amides is 1. The van der Waals surface area contributed by atoms with Gasteiger partial charge in [0, 0.05) is 5.41 Å². The van der Waals surface area contributed by atoms with Gasteiger partial charge in [-0.1, -0.05) is 0 Å². The van der Waals surface area contributed by atoms with Gasteiger partial charge in [0.05, 0.1) is 6.54 Å². The van der Waals surface area contributed by atoms with Crippen molar-refractivity contribution < 1.29 is 9.59 Å². The molecule has 0 heterocycles. The van der Waals surface area contributed by atoms with E-state index in [4.69, 9.17) is 0 Å². The van der Waals surface area contributed by atoms with E-state index >= 15 is 0 Å². The minimum Gasteiger partial charge on any atom is -0.348 e. The van der Waals surface area contributed by atoms with Crippen molar-refractivity contribution in [3.05, 3.63) is 0 Å². The van der Waals surface area contributed by atoms with Gasteiger partial charge < -0.3 is 5.32 Å². The maximum Gasteiger partial charge on any atom is 0.226 e. The molecule has 0 aromatic carbocycles. The van der Waals surface area contributed by atoms with E-state index in [9.17, 15) is 9.59 Å². The normalized spacial score (nSPS) is 44.4. The number of hydrogen-bond donors (Lipinski definition) is 1. The Bertz CT molecular complexity index is 289. The number of rotatable bonds is 3. The maximum atomic E-state index is 12.2. The fourth-order valence-corrected chi connectivity index (χ4v) is 4.69. The summed E-state index contributed by atoms with van der Waals surface area (Å²) in [6, 6.07) is 0. The molecule has 1 amide bonds. The Morgan fingerprint density at radius 2 is 1.62 bits per heavy atom. The highest BCUT2D eigenvalue weighted by atomic mass is 16.2. The van der Waals surface area contributed by atoms with Crippen molar-refractivity contribution in [3.63, 3.8) is 0 Å². The molecule has 0 atom stereocenters. The summed E-state index contributed by atoms with van der Waals surface area (Å²) in [5, 5.41) is 2.73. The van der Waals surface area contributed by atoms with Crippen LogP contribution in [0.5, 0.6) is 0 Å². The standard InChI is InChI=1S/C13H18NO2/c15-2-1-14-12(16)13-6-9-3-10(7-13)5-11(4-9)8-13/h9-11H,1,3-8H2,(H,14,16). The SMILES string of the molecule is O=[C]CNC(=O)C12CC3CC(CC(C3)C1)C2. The lowest BCUT2D eigenvalue weighted by molar-refractivity contribution is -0.145. The lowest BCUT2D eigenvalue weighted by Crippen LogP contribution is -2.53. The van der Waals surface area contributed by atoms with Crippen molar-refractivity contribution in [1.29, 1.82) is 0 Å². The van der Waals surface area contributed by atoms with Gasteiger partial charge in [-0.15, -0.1) is 0 Å². The van der Waals surface area contributed by atoms with Crippen LogP contribution in [0, 0.1) is 23.2 Å². The first-order valence-electron chi connectivity index (χ1n) is 6.35. The minimum absolute atomic E-state index is 0.0561. The molecule has 0 aliphatic heterocycles. The van der Waals surface area contributed by atoms with Crippen LogP contribution in [-0.2, 0) is 9.59 Å². The molecule has 0 saturated heterocycles. The molecule has 4 aliphatic carbocycles. The molecule has 1 N–H and O–H groups in total. The van der Waals surface area contributed by atoms with Crippen molar-refractivity contribution in [2.75, 3.05) is 6.54 Å². The van der Waals surface area contributed by atoms with Crippen LogP contribution in [0.1, 0.15) is 38.5 Å². The molecule has 4 fully saturated rings. The molecule has 0 unspecified atom stereocenters. The van der Waals surface area contributed by atoms with Crippen LogP contribution in [0.2, 0.25) is 0 Å².